The molecule has 1 saturated heterocycles. The maximum Gasteiger partial charge on any atom is 0.0374 e. The molecule has 0 amide bonds. The molecule has 1 aromatic rings. The van der Waals surface area contributed by atoms with Gasteiger partial charge in [0.05, 0.1) is 0 Å². The van der Waals surface area contributed by atoms with E-state index in [9.17, 15) is 0 Å². The van der Waals surface area contributed by atoms with E-state index in [2.05, 4.69) is 56.1 Å². The Morgan fingerprint density at radius 1 is 1.12 bits per heavy atom. The van der Waals surface area contributed by atoms with Crippen LogP contribution in [-0.2, 0) is 0 Å². The highest BCUT2D eigenvalue weighted by Gasteiger charge is 2.20. The van der Waals surface area contributed by atoms with Gasteiger partial charge in [0.25, 0.3) is 0 Å². The molecule has 1 aromatic carbocycles. The molecule has 2 nitrogen and oxygen atoms in total. The van der Waals surface area contributed by atoms with Crippen molar-refractivity contribution in [2.24, 2.45) is 0 Å². The zero-order chi connectivity index (χ0) is 12.4. The smallest absolute Gasteiger partial charge is 0.0374 e. The van der Waals surface area contributed by atoms with Gasteiger partial charge in [0.1, 0.15) is 0 Å². The minimum absolute atomic E-state index is 0.570. The van der Waals surface area contributed by atoms with Crippen LogP contribution in [-0.4, -0.2) is 25.2 Å². The van der Waals surface area contributed by atoms with Crippen molar-refractivity contribution in [3.8, 4) is 0 Å². The average molecular weight is 232 g/mol. The predicted octanol–water partition coefficient (Wildman–Crippen LogP) is 2.88. The highest BCUT2D eigenvalue weighted by atomic mass is 15.2. The summed E-state index contributed by atoms with van der Waals surface area (Å²) in [6.45, 7) is 11.2. The van der Waals surface area contributed by atoms with E-state index in [0.717, 1.165) is 13.1 Å². The minimum Gasteiger partial charge on any atom is -0.367 e. The SMILES string of the molecule is Cc1cc(C)cc(N2CC(C)NCCC2C)c1. The van der Waals surface area contributed by atoms with E-state index in [1.165, 1.54) is 23.2 Å². The number of anilines is 1. The Morgan fingerprint density at radius 3 is 2.41 bits per heavy atom. The lowest BCUT2D eigenvalue weighted by atomic mass is 10.1. The first-order valence-corrected chi connectivity index (χ1v) is 6.64. The van der Waals surface area contributed by atoms with E-state index >= 15 is 0 Å². The Balaban J connectivity index is 2.28. The van der Waals surface area contributed by atoms with Crippen molar-refractivity contribution in [2.45, 2.75) is 46.2 Å². The molecule has 1 N–H and O–H groups in total. The Bertz CT molecular complexity index is 366. The summed E-state index contributed by atoms with van der Waals surface area (Å²) in [5.74, 6) is 0. The van der Waals surface area contributed by atoms with Crippen molar-refractivity contribution < 1.29 is 0 Å². The summed E-state index contributed by atoms with van der Waals surface area (Å²) >= 11 is 0. The number of nitrogens with zero attached hydrogens (tertiary/aromatic N) is 1. The van der Waals surface area contributed by atoms with Crippen molar-refractivity contribution >= 4 is 5.69 Å². The lowest BCUT2D eigenvalue weighted by Gasteiger charge is -2.31. The van der Waals surface area contributed by atoms with Gasteiger partial charge in [-0.2, -0.15) is 0 Å². The molecule has 17 heavy (non-hydrogen) atoms. The third-order valence-electron chi connectivity index (χ3n) is 3.60. The summed E-state index contributed by atoms with van der Waals surface area (Å²) in [5.41, 5.74) is 4.10. The molecule has 2 unspecified atom stereocenters. The summed E-state index contributed by atoms with van der Waals surface area (Å²) in [6, 6.07) is 8.05. The van der Waals surface area contributed by atoms with Gasteiger partial charge in [-0.1, -0.05) is 6.07 Å². The van der Waals surface area contributed by atoms with Gasteiger partial charge >= 0.3 is 0 Å². The molecule has 1 aliphatic rings. The molecule has 0 aromatic heterocycles. The van der Waals surface area contributed by atoms with Crippen molar-refractivity contribution in [2.75, 3.05) is 18.0 Å². The molecule has 1 heterocycles. The summed E-state index contributed by atoms with van der Waals surface area (Å²) < 4.78 is 0. The summed E-state index contributed by atoms with van der Waals surface area (Å²) in [4.78, 5) is 2.55. The maximum absolute atomic E-state index is 3.56. The highest BCUT2D eigenvalue weighted by Crippen LogP contribution is 2.23. The second kappa shape index (κ2) is 5.09. The molecule has 94 valence electrons. The lowest BCUT2D eigenvalue weighted by molar-refractivity contribution is 0.585. The van der Waals surface area contributed by atoms with Gasteiger partial charge in [-0.3, -0.25) is 0 Å². The Morgan fingerprint density at radius 2 is 1.76 bits per heavy atom. The quantitative estimate of drug-likeness (QED) is 0.801. The van der Waals surface area contributed by atoms with Crippen molar-refractivity contribution in [3.05, 3.63) is 29.3 Å². The number of aryl methyl sites for hydroxylation is 2. The van der Waals surface area contributed by atoms with Crippen molar-refractivity contribution in [3.63, 3.8) is 0 Å². The van der Waals surface area contributed by atoms with E-state index in [-0.39, 0.29) is 0 Å². The molecule has 0 radical (unpaired) electrons. The van der Waals surface area contributed by atoms with Crippen LogP contribution in [0.3, 0.4) is 0 Å². The fraction of sp³-hybridized carbons (Fsp3) is 0.600. The fourth-order valence-electron chi connectivity index (χ4n) is 2.71. The maximum atomic E-state index is 3.56. The zero-order valence-corrected chi connectivity index (χ0v) is 11.5. The van der Waals surface area contributed by atoms with Crippen LogP contribution in [0.15, 0.2) is 18.2 Å². The van der Waals surface area contributed by atoms with Gasteiger partial charge in [0.2, 0.25) is 0 Å². The van der Waals surface area contributed by atoms with Gasteiger partial charge in [-0.15, -0.1) is 0 Å². The molecule has 2 heteroatoms. The molecule has 0 bridgehead atoms. The molecular formula is C15H24N2. The van der Waals surface area contributed by atoms with Gasteiger partial charge in [-0.25, -0.2) is 0 Å². The van der Waals surface area contributed by atoms with Crippen LogP contribution < -0.4 is 10.2 Å². The highest BCUT2D eigenvalue weighted by molar-refractivity contribution is 5.52. The number of hydrogen-bond acceptors (Lipinski definition) is 2. The summed E-state index contributed by atoms with van der Waals surface area (Å²) in [7, 11) is 0. The molecular weight excluding hydrogens is 208 g/mol. The Labute approximate surface area is 105 Å². The van der Waals surface area contributed by atoms with E-state index in [0.29, 0.717) is 12.1 Å². The average Bonchev–Trinajstić information content (AvgIpc) is 2.39. The number of rotatable bonds is 1. The Kier molecular flexibility index (Phi) is 3.72. The first-order valence-electron chi connectivity index (χ1n) is 6.64. The van der Waals surface area contributed by atoms with Crippen molar-refractivity contribution in [1.82, 2.24) is 5.32 Å². The van der Waals surface area contributed by atoms with Crippen LogP contribution in [0, 0.1) is 13.8 Å². The largest absolute Gasteiger partial charge is 0.367 e. The van der Waals surface area contributed by atoms with Gasteiger partial charge in [0.15, 0.2) is 0 Å². The van der Waals surface area contributed by atoms with Gasteiger partial charge in [-0.05, 0) is 63.9 Å². The standard InChI is InChI=1S/C15H24N2/c1-11-7-12(2)9-15(8-11)17-10-13(3)16-6-5-14(17)4/h7-9,13-14,16H,5-6,10H2,1-4H3. The monoisotopic (exact) mass is 232 g/mol. The third kappa shape index (κ3) is 3.01. The van der Waals surface area contributed by atoms with Crippen LogP contribution >= 0.6 is 0 Å². The van der Waals surface area contributed by atoms with E-state index in [1.807, 2.05) is 0 Å². The second-order valence-electron chi connectivity index (χ2n) is 5.49. The normalized spacial score (nSPS) is 25.8. The second-order valence-corrected chi connectivity index (χ2v) is 5.49. The molecule has 0 saturated carbocycles. The van der Waals surface area contributed by atoms with Gasteiger partial charge < -0.3 is 10.2 Å². The van der Waals surface area contributed by atoms with Crippen LogP contribution in [0.1, 0.15) is 31.4 Å². The number of benzene rings is 1. The predicted molar refractivity (Wildman–Crippen MR) is 74.8 cm³/mol. The van der Waals surface area contributed by atoms with Crippen molar-refractivity contribution in [1.29, 1.82) is 0 Å². The number of hydrogen-bond donors (Lipinski definition) is 1. The van der Waals surface area contributed by atoms with E-state index < -0.39 is 0 Å². The number of nitrogens with one attached hydrogen (secondary N) is 1. The molecule has 1 aliphatic heterocycles. The molecule has 0 spiro atoms. The summed E-state index contributed by atoms with van der Waals surface area (Å²) in [6.07, 6.45) is 1.22. The van der Waals surface area contributed by atoms with Crippen LogP contribution in [0.2, 0.25) is 0 Å². The molecule has 2 atom stereocenters. The minimum atomic E-state index is 0.570. The van der Waals surface area contributed by atoms with E-state index in [1.54, 1.807) is 0 Å². The zero-order valence-electron chi connectivity index (χ0n) is 11.5. The topological polar surface area (TPSA) is 15.3 Å². The molecule has 2 rings (SSSR count). The third-order valence-corrected chi connectivity index (χ3v) is 3.60. The molecule has 1 fully saturated rings. The van der Waals surface area contributed by atoms with Crippen LogP contribution in [0.25, 0.3) is 0 Å². The van der Waals surface area contributed by atoms with E-state index in [4.69, 9.17) is 0 Å². The first kappa shape index (κ1) is 12.4. The summed E-state index contributed by atoms with van der Waals surface area (Å²) in [5, 5.41) is 3.56. The Hall–Kier alpha value is -1.02. The fourth-order valence-corrected chi connectivity index (χ4v) is 2.71. The van der Waals surface area contributed by atoms with Gasteiger partial charge in [0, 0.05) is 24.3 Å². The molecule has 0 aliphatic carbocycles. The first-order chi connectivity index (χ1) is 8.06. The lowest BCUT2D eigenvalue weighted by Crippen LogP contribution is -2.38. The van der Waals surface area contributed by atoms with Crippen LogP contribution in [0.4, 0.5) is 5.69 Å². The van der Waals surface area contributed by atoms with Crippen LogP contribution in [0.5, 0.6) is 0 Å².